The first-order valence-electron chi connectivity index (χ1n) is 6.51. The summed E-state index contributed by atoms with van der Waals surface area (Å²) >= 11 is 3.80. The first-order chi connectivity index (χ1) is 6.95. The van der Waals surface area contributed by atoms with Crippen LogP contribution in [0.3, 0.4) is 0 Å². The molecule has 0 aliphatic heterocycles. The Hall–Kier alpha value is 0.480. The van der Waals surface area contributed by atoms with Gasteiger partial charge >= 0.3 is 0 Å². The zero-order chi connectivity index (χ0) is 11.1. The lowest BCUT2D eigenvalue weighted by atomic mass is 9.69. The van der Waals surface area contributed by atoms with E-state index in [4.69, 9.17) is 0 Å². The molecular formula is C14H25Br. The summed E-state index contributed by atoms with van der Waals surface area (Å²) in [6.45, 7) is 7.13. The molecule has 3 unspecified atom stereocenters. The maximum absolute atomic E-state index is 3.80. The summed E-state index contributed by atoms with van der Waals surface area (Å²) in [6, 6.07) is 0. The molecule has 88 valence electrons. The minimum atomic E-state index is 0.511. The maximum atomic E-state index is 3.80. The number of alkyl halides is 1. The van der Waals surface area contributed by atoms with E-state index in [-0.39, 0.29) is 0 Å². The Morgan fingerprint density at radius 3 is 2.40 bits per heavy atom. The van der Waals surface area contributed by atoms with Crippen molar-refractivity contribution in [1.82, 2.24) is 0 Å². The molecule has 0 spiro atoms. The SMILES string of the molecule is CC(C)(C)CCC1(CBr)CC2CCC1C2. The number of fused-ring (bicyclic) bond motifs is 2. The lowest BCUT2D eigenvalue weighted by molar-refractivity contribution is 0.154. The van der Waals surface area contributed by atoms with Crippen molar-refractivity contribution in [2.75, 3.05) is 5.33 Å². The van der Waals surface area contributed by atoms with Crippen molar-refractivity contribution in [3.8, 4) is 0 Å². The predicted octanol–water partition coefficient (Wildman–Crippen LogP) is 5.01. The van der Waals surface area contributed by atoms with Crippen LogP contribution in [0.5, 0.6) is 0 Å². The average Bonchev–Trinajstić information content (AvgIpc) is 2.73. The smallest absolute Gasteiger partial charge is 0.00907 e. The van der Waals surface area contributed by atoms with E-state index in [1.54, 1.807) is 0 Å². The van der Waals surface area contributed by atoms with Gasteiger partial charge in [-0.3, -0.25) is 0 Å². The van der Waals surface area contributed by atoms with E-state index in [1.807, 2.05) is 0 Å². The van der Waals surface area contributed by atoms with Crippen molar-refractivity contribution < 1.29 is 0 Å². The molecule has 2 aliphatic rings. The monoisotopic (exact) mass is 272 g/mol. The van der Waals surface area contributed by atoms with Crippen LogP contribution < -0.4 is 0 Å². The predicted molar refractivity (Wildman–Crippen MR) is 70.4 cm³/mol. The first kappa shape index (κ1) is 12.0. The highest BCUT2D eigenvalue weighted by Gasteiger charge is 2.49. The van der Waals surface area contributed by atoms with Gasteiger partial charge in [0.05, 0.1) is 0 Å². The standard InChI is InChI=1S/C14H25Br/c1-13(2,3)6-7-14(10-15)9-11-4-5-12(14)8-11/h11-12H,4-10H2,1-3H3. The van der Waals surface area contributed by atoms with Crippen molar-refractivity contribution >= 4 is 15.9 Å². The lowest BCUT2D eigenvalue weighted by Gasteiger charge is -2.38. The molecule has 0 N–H and O–H groups in total. The molecule has 2 saturated carbocycles. The van der Waals surface area contributed by atoms with Crippen molar-refractivity contribution in [1.29, 1.82) is 0 Å². The highest BCUT2D eigenvalue weighted by atomic mass is 79.9. The summed E-state index contributed by atoms with van der Waals surface area (Å²) < 4.78 is 0. The molecule has 2 bridgehead atoms. The van der Waals surface area contributed by atoms with Crippen LogP contribution >= 0.6 is 15.9 Å². The Bertz CT molecular complexity index is 228. The summed E-state index contributed by atoms with van der Waals surface area (Å²) in [6.07, 6.45) is 8.93. The maximum Gasteiger partial charge on any atom is 0.00907 e. The van der Waals surface area contributed by atoms with Crippen molar-refractivity contribution in [3.05, 3.63) is 0 Å². The molecule has 0 aromatic heterocycles. The Labute approximate surface area is 103 Å². The Kier molecular flexibility index (Phi) is 3.23. The number of hydrogen-bond acceptors (Lipinski definition) is 0. The minimum absolute atomic E-state index is 0.511. The third kappa shape index (κ3) is 2.43. The molecule has 0 saturated heterocycles. The normalized spacial score (nSPS) is 40.0. The van der Waals surface area contributed by atoms with Gasteiger partial charge in [0.15, 0.2) is 0 Å². The second kappa shape index (κ2) is 4.05. The molecule has 0 radical (unpaired) electrons. The fourth-order valence-corrected chi connectivity index (χ4v) is 4.69. The second-order valence-corrected chi connectivity index (χ2v) is 7.70. The molecule has 0 heterocycles. The van der Waals surface area contributed by atoms with E-state index in [2.05, 4.69) is 36.7 Å². The summed E-state index contributed by atoms with van der Waals surface area (Å²) in [7, 11) is 0. The van der Waals surface area contributed by atoms with Gasteiger partial charge in [-0.05, 0) is 54.8 Å². The summed E-state index contributed by atoms with van der Waals surface area (Å²) in [5.41, 5.74) is 1.19. The van der Waals surface area contributed by atoms with Gasteiger partial charge in [0.25, 0.3) is 0 Å². The van der Waals surface area contributed by atoms with Crippen LogP contribution in [-0.4, -0.2) is 5.33 Å². The molecule has 0 aromatic carbocycles. The van der Waals surface area contributed by atoms with Crippen LogP contribution in [0.1, 0.15) is 59.3 Å². The molecule has 15 heavy (non-hydrogen) atoms. The van der Waals surface area contributed by atoms with E-state index >= 15 is 0 Å². The fraction of sp³-hybridized carbons (Fsp3) is 1.00. The van der Waals surface area contributed by atoms with Crippen molar-refractivity contribution in [3.63, 3.8) is 0 Å². The van der Waals surface area contributed by atoms with E-state index < -0.39 is 0 Å². The van der Waals surface area contributed by atoms with Gasteiger partial charge in [-0.15, -0.1) is 0 Å². The largest absolute Gasteiger partial charge is 0.0922 e. The summed E-state index contributed by atoms with van der Waals surface area (Å²) in [5, 5.41) is 1.25. The molecule has 1 heteroatoms. The van der Waals surface area contributed by atoms with E-state index in [1.165, 1.54) is 43.9 Å². The zero-order valence-electron chi connectivity index (χ0n) is 10.5. The molecule has 0 aromatic rings. The van der Waals surface area contributed by atoms with E-state index in [0.717, 1.165) is 11.8 Å². The van der Waals surface area contributed by atoms with Gasteiger partial charge in [-0.25, -0.2) is 0 Å². The molecule has 0 nitrogen and oxygen atoms in total. The minimum Gasteiger partial charge on any atom is -0.0922 e. The third-order valence-electron chi connectivity index (χ3n) is 4.74. The fourth-order valence-electron chi connectivity index (χ4n) is 3.72. The Morgan fingerprint density at radius 1 is 1.27 bits per heavy atom. The van der Waals surface area contributed by atoms with Gasteiger partial charge in [0.1, 0.15) is 0 Å². The molecular weight excluding hydrogens is 248 g/mol. The first-order valence-corrected chi connectivity index (χ1v) is 7.63. The van der Waals surface area contributed by atoms with Gasteiger partial charge in [-0.2, -0.15) is 0 Å². The number of rotatable bonds is 3. The van der Waals surface area contributed by atoms with Crippen LogP contribution in [0.4, 0.5) is 0 Å². The second-order valence-electron chi connectivity index (χ2n) is 7.14. The van der Waals surface area contributed by atoms with Crippen LogP contribution in [0.2, 0.25) is 0 Å². The average molecular weight is 273 g/mol. The van der Waals surface area contributed by atoms with Crippen LogP contribution in [0.15, 0.2) is 0 Å². The summed E-state index contributed by atoms with van der Waals surface area (Å²) in [4.78, 5) is 0. The van der Waals surface area contributed by atoms with Crippen molar-refractivity contribution in [2.24, 2.45) is 22.7 Å². The van der Waals surface area contributed by atoms with Crippen LogP contribution in [0.25, 0.3) is 0 Å². The summed E-state index contributed by atoms with van der Waals surface area (Å²) in [5.74, 6) is 2.12. The van der Waals surface area contributed by atoms with Crippen LogP contribution in [-0.2, 0) is 0 Å². The topological polar surface area (TPSA) is 0 Å². The number of halogens is 1. The highest BCUT2D eigenvalue weighted by Crippen LogP contribution is 2.59. The quantitative estimate of drug-likeness (QED) is 0.634. The highest BCUT2D eigenvalue weighted by molar-refractivity contribution is 9.09. The molecule has 2 fully saturated rings. The lowest BCUT2D eigenvalue weighted by Crippen LogP contribution is -2.30. The molecule has 2 rings (SSSR count). The molecule has 2 aliphatic carbocycles. The Balaban J connectivity index is 1.98. The Morgan fingerprint density at radius 2 is 2.00 bits per heavy atom. The number of hydrogen-bond donors (Lipinski definition) is 0. The van der Waals surface area contributed by atoms with E-state index in [0.29, 0.717) is 10.8 Å². The van der Waals surface area contributed by atoms with Crippen molar-refractivity contribution in [2.45, 2.75) is 59.3 Å². The molecule has 0 amide bonds. The van der Waals surface area contributed by atoms with E-state index in [9.17, 15) is 0 Å². The molecule has 3 atom stereocenters. The van der Waals surface area contributed by atoms with Gasteiger partial charge in [-0.1, -0.05) is 43.1 Å². The van der Waals surface area contributed by atoms with Gasteiger partial charge in [0.2, 0.25) is 0 Å². The zero-order valence-corrected chi connectivity index (χ0v) is 12.1. The third-order valence-corrected chi connectivity index (χ3v) is 5.86. The van der Waals surface area contributed by atoms with Gasteiger partial charge < -0.3 is 0 Å². The van der Waals surface area contributed by atoms with Gasteiger partial charge in [0, 0.05) is 5.33 Å². The van der Waals surface area contributed by atoms with Crippen LogP contribution in [0, 0.1) is 22.7 Å².